The van der Waals surface area contributed by atoms with Crippen LogP contribution >= 0.6 is 0 Å². The number of pyridine rings is 1. The van der Waals surface area contributed by atoms with Gasteiger partial charge in [0.25, 0.3) is 5.56 Å². The van der Waals surface area contributed by atoms with E-state index in [1.807, 2.05) is 17.9 Å². The van der Waals surface area contributed by atoms with E-state index in [2.05, 4.69) is 9.97 Å². The molecule has 36 heavy (non-hydrogen) atoms. The molecule has 1 saturated heterocycles. The number of rotatable bonds is 7. The Morgan fingerprint density at radius 1 is 1.31 bits per heavy atom. The third kappa shape index (κ3) is 4.74. The minimum Gasteiger partial charge on any atom is -0.462 e. The number of anilines is 1. The number of nitrogens with zero attached hydrogens (tertiary/aromatic N) is 7. The lowest BCUT2D eigenvalue weighted by Gasteiger charge is -2.31. The molecule has 1 atom stereocenters. The molecule has 1 aliphatic heterocycles. The van der Waals surface area contributed by atoms with Crippen molar-refractivity contribution < 1.29 is 9.53 Å². The molecule has 0 bridgehead atoms. The van der Waals surface area contributed by atoms with E-state index >= 15 is 0 Å². The number of piperidine rings is 1. The predicted octanol–water partition coefficient (Wildman–Crippen LogP) is 0.574. The van der Waals surface area contributed by atoms with E-state index in [4.69, 9.17) is 10.5 Å². The maximum atomic E-state index is 13.7. The van der Waals surface area contributed by atoms with Crippen LogP contribution in [-0.2, 0) is 29.2 Å². The summed E-state index contributed by atoms with van der Waals surface area (Å²) < 4.78 is 9.18. The van der Waals surface area contributed by atoms with Crippen molar-refractivity contribution >= 4 is 23.1 Å². The van der Waals surface area contributed by atoms with Crippen molar-refractivity contribution in [2.45, 2.75) is 65.4 Å². The van der Waals surface area contributed by atoms with Gasteiger partial charge in [0.05, 0.1) is 23.9 Å². The Labute approximate surface area is 207 Å². The molecule has 0 saturated carbocycles. The molecule has 12 heteroatoms. The highest BCUT2D eigenvalue weighted by Gasteiger charge is 2.27. The van der Waals surface area contributed by atoms with Gasteiger partial charge in [-0.15, -0.1) is 0 Å². The topological polar surface area (TPSA) is 154 Å². The minimum atomic E-state index is -0.731. The Kier molecular flexibility index (Phi) is 7.21. The smallest absolute Gasteiger partial charge is 0.333 e. The lowest BCUT2D eigenvalue weighted by Crippen LogP contribution is -2.44. The molecule has 0 radical (unpaired) electrons. The van der Waals surface area contributed by atoms with Gasteiger partial charge in [-0.25, -0.2) is 4.79 Å². The summed E-state index contributed by atoms with van der Waals surface area (Å²) in [6.07, 6.45) is 2.89. The van der Waals surface area contributed by atoms with E-state index in [1.165, 1.54) is 6.20 Å². The van der Waals surface area contributed by atoms with Gasteiger partial charge >= 0.3 is 11.7 Å². The highest BCUT2D eigenvalue weighted by molar-refractivity contribution is 5.77. The number of hydrogen-bond donors (Lipinski definition) is 1. The average Bonchev–Trinajstić information content (AvgIpc) is 3.24. The van der Waals surface area contributed by atoms with Crippen LogP contribution in [0.1, 0.15) is 44.9 Å². The van der Waals surface area contributed by atoms with Gasteiger partial charge in [-0.3, -0.25) is 23.7 Å². The van der Waals surface area contributed by atoms with Crippen LogP contribution in [-0.4, -0.2) is 54.9 Å². The van der Waals surface area contributed by atoms with Crippen molar-refractivity contribution in [2.24, 2.45) is 5.73 Å². The number of aryl methyl sites for hydroxylation is 1. The summed E-state index contributed by atoms with van der Waals surface area (Å²) in [5, 5.41) is 9.46. The lowest BCUT2D eigenvalue weighted by atomic mass is 10.1. The molecule has 3 aromatic heterocycles. The number of imidazole rings is 1. The molecule has 4 rings (SSSR count). The summed E-state index contributed by atoms with van der Waals surface area (Å²) in [4.78, 5) is 50.8. The molecule has 190 valence electrons. The lowest BCUT2D eigenvalue weighted by molar-refractivity contribution is -0.148. The van der Waals surface area contributed by atoms with Crippen molar-refractivity contribution in [3.63, 3.8) is 0 Å². The first-order valence-electron chi connectivity index (χ1n) is 12.0. The van der Waals surface area contributed by atoms with E-state index in [-0.39, 0.29) is 41.1 Å². The van der Waals surface area contributed by atoms with E-state index in [9.17, 15) is 19.6 Å². The molecular weight excluding hydrogens is 464 g/mol. The Hall–Kier alpha value is -3.98. The summed E-state index contributed by atoms with van der Waals surface area (Å²) in [6, 6.07) is 5.18. The number of aromatic nitrogens is 5. The van der Waals surface area contributed by atoms with E-state index in [0.29, 0.717) is 25.6 Å². The van der Waals surface area contributed by atoms with Crippen molar-refractivity contribution in [1.29, 1.82) is 5.26 Å². The first-order chi connectivity index (χ1) is 17.2. The largest absolute Gasteiger partial charge is 0.462 e. The molecule has 0 amide bonds. The number of fused-ring (bicyclic) bond motifs is 1. The third-order valence-electron chi connectivity index (χ3n) is 6.12. The molecule has 0 aliphatic carbocycles. The quantitative estimate of drug-likeness (QED) is 0.464. The van der Waals surface area contributed by atoms with Gasteiger partial charge in [-0.05, 0) is 45.7 Å². The summed E-state index contributed by atoms with van der Waals surface area (Å²) in [5.74, 6) is -0.0971. The van der Waals surface area contributed by atoms with Crippen molar-refractivity contribution in [3.8, 4) is 6.07 Å². The minimum absolute atomic E-state index is 0.0303. The second-order valence-electron chi connectivity index (χ2n) is 9.08. The second-order valence-corrected chi connectivity index (χ2v) is 9.08. The molecule has 1 fully saturated rings. The van der Waals surface area contributed by atoms with Gasteiger partial charge in [0.15, 0.2) is 11.2 Å². The zero-order valence-electron chi connectivity index (χ0n) is 20.7. The van der Waals surface area contributed by atoms with Crippen LogP contribution in [0.25, 0.3) is 11.2 Å². The van der Waals surface area contributed by atoms with Crippen LogP contribution in [0.2, 0.25) is 0 Å². The number of nitriles is 1. The molecule has 1 unspecified atom stereocenters. The summed E-state index contributed by atoms with van der Waals surface area (Å²) in [7, 11) is 0. The molecule has 3 aromatic rings. The van der Waals surface area contributed by atoms with Crippen molar-refractivity contribution in [1.82, 2.24) is 23.7 Å². The van der Waals surface area contributed by atoms with E-state index in [1.54, 1.807) is 30.5 Å². The predicted molar refractivity (Wildman–Crippen MR) is 133 cm³/mol. The molecule has 4 heterocycles. The number of hydrogen-bond acceptors (Lipinski definition) is 9. The Morgan fingerprint density at radius 2 is 2.08 bits per heavy atom. The van der Waals surface area contributed by atoms with Crippen LogP contribution in [0.3, 0.4) is 0 Å². The van der Waals surface area contributed by atoms with Gasteiger partial charge in [0.2, 0.25) is 5.95 Å². The monoisotopic (exact) mass is 494 g/mol. The molecule has 2 N–H and O–H groups in total. The van der Waals surface area contributed by atoms with E-state index in [0.717, 1.165) is 22.0 Å². The standard InChI is InChI=1S/C24H30N8O4/c1-4-30-20-21(28-23(30)29-10-6-8-17(26)12-29)31(14-19(33)36-15(2)3)24(35)32(22(20)34)13-18-16(11-25)7-5-9-27-18/h5,7,9,15,17H,4,6,8,10,12-14,26H2,1-3H3. The fraction of sp³-hybridized carbons (Fsp3) is 0.500. The summed E-state index contributed by atoms with van der Waals surface area (Å²) >= 11 is 0. The fourth-order valence-corrected chi connectivity index (χ4v) is 4.54. The van der Waals surface area contributed by atoms with Crippen LogP contribution in [0, 0.1) is 11.3 Å². The number of carbonyl (C=O) groups is 1. The van der Waals surface area contributed by atoms with E-state index < -0.39 is 23.8 Å². The molecule has 12 nitrogen and oxygen atoms in total. The maximum absolute atomic E-state index is 13.7. The zero-order valence-corrected chi connectivity index (χ0v) is 20.7. The number of nitrogens with two attached hydrogens (primary N) is 1. The first-order valence-corrected chi connectivity index (χ1v) is 12.0. The van der Waals surface area contributed by atoms with Crippen molar-refractivity contribution in [3.05, 3.63) is 50.4 Å². The molecular formula is C24H30N8O4. The Morgan fingerprint density at radius 3 is 2.75 bits per heavy atom. The van der Waals surface area contributed by atoms with Gasteiger partial charge in [-0.1, -0.05) is 0 Å². The van der Waals surface area contributed by atoms with Gasteiger partial charge in [0.1, 0.15) is 12.6 Å². The van der Waals surface area contributed by atoms with Crippen LogP contribution in [0.5, 0.6) is 0 Å². The Bertz CT molecular complexity index is 1450. The number of carbonyl (C=O) groups excluding carboxylic acids is 1. The van der Waals surface area contributed by atoms with Crippen molar-refractivity contribution in [2.75, 3.05) is 18.0 Å². The SMILES string of the molecule is CCn1c(N2CCCC(N)C2)nc2c1c(=O)n(Cc1ncccc1C#N)c(=O)n2CC(=O)OC(C)C. The molecule has 0 spiro atoms. The number of ether oxygens (including phenoxy) is 1. The highest BCUT2D eigenvalue weighted by atomic mass is 16.5. The van der Waals surface area contributed by atoms with Crippen LogP contribution in [0.4, 0.5) is 5.95 Å². The summed E-state index contributed by atoms with van der Waals surface area (Å²) in [6.45, 7) is 6.36. The average molecular weight is 495 g/mol. The molecule has 1 aliphatic rings. The highest BCUT2D eigenvalue weighted by Crippen LogP contribution is 2.23. The maximum Gasteiger partial charge on any atom is 0.333 e. The number of esters is 1. The third-order valence-corrected chi connectivity index (χ3v) is 6.12. The first kappa shape index (κ1) is 25.1. The van der Waals surface area contributed by atoms with Crippen LogP contribution in [0.15, 0.2) is 27.9 Å². The second kappa shape index (κ2) is 10.3. The summed E-state index contributed by atoms with van der Waals surface area (Å²) in [5.41, 5.74) is 5.72. The zero-order chi connectivity index (χ0) is 26.0. The molecule has 0 aromatic carbocycles. The van der Waals surface area contributed by atoms with Gasteiger partial charge in [0, 0.05) is 31.9 Å². The van der Waals surface area contributed by atoms with Gasteiger partial charge in [-0.2, -0.15) is 10.2 Å². The van der Waals surface area contributed by atoms with Gasteiger partial charge < -0.3 is 19.9 Å². The fourth-order valence-electron chi connectivity index (χ4n) is 4.54. The van der Waals surface area contributed by atoms with Crippen LogP contribution < -0.4 is 21.9 Å². The normalized spacial score (nSPS) is 15.9. The Balaban J connectivity index is 1.95.